The van der Waals surface area contributed by atoms with E-state index < -0.39 is 0 Å². The van der Waals surface area contributed by atoms with Crippen LogP contribution in [0.15, 0.2) is 48.9 Å². The van der Waals surface area contributed by atoms with Crippen molar-refractivity contribution in [3.8, 4) is 0 Å². The molecule has 5 rings (SSSR count). The Morgan fingerprint density at radius 1 is 1.11 bits per heavy atom. The second kappa shape index (κ2) is 15.3. The van der Waals surface area contributed by atoms with E-state index in [0.717, 1.165) is 70.9 Å². The Hall–Kier alpha value is -2.86. The maximum absolute atomic E-state index is 14.8. The molecule has 1 aromatic carbocycles. The Bertz CT molecular complexity index is 1080. The van der Waals surface area contributed by atoms with E-state index in [1.165, 1.54) is 32.1 Å². The Kier molecular flexibility index (Phi) is 12.5. The minimum atomic E-state index is -0.0971. The van der Waals surface area contributed by atoms with Crippen LogP contribution in [0.1, 0.15) is 81.4 Å². The quantitative estimate of drug-likeness (QED) is 0.438. The summed E-state index contributed by atoms with van der Waals surface area (Å²) in [5.41, 5.74) is 10.9. The second-order valence-corrected chi connectivity index (χ2v) is 9.15. The first-order valence-electron chi connectivity index (χ1n) is 13.3. The molecule has 1 aromatic heterocycles. The van der Waals surface area contributed by atoms with Gasteiger partial charge >= 0.3 is 0 Å². The number of benzene rings is 1. The molecule has 1 saturated heterocycles. The predicted molar refractivity (Wildman–Crippen MR) is 149 cm³/mol. The van der Waals surface area contributed by atoms with Gasteiger partial charge in [-0.1, -0.05) is 31.5 Å². The first kappa shape index (κ1) is 29.4. The van der Waals surface area contributed by atoms with E-state index in [4.69, 9.17) is 5.73 Å². The summed E-state index contributed by atoms with van der Waals surface area (Å²) >= 11 is 0. The van der Waals surface area contributed by atoms with Crippen LogP contribution in [0.25, 0.3) is 11.3 Å². The molecule has 1 saturated carbocycles. The highest BCUT2D eigenvalue weighted by atomic mass is 19.1. The molecule has 2 fully saturated rings. The molecule has 2 aromatic rings. The number of fused-ring (bicyclic) bond motifs is 1. The predicted octanol–water partition coefficient (Wildman–Crippen LogP) is 5.53. The van der Waals surface area contributed by atoms with Crippen molar-refractivity contribution >= 4 is 11.3 Å². The Morgan fingerprint density at radius 2 is 1.81 bits per heavy atom. The number of hydrogen-bond acceptors (Lipinski definition) is 5. The number of rotatable bonds is 5. The third-order valence-corrected chi connectivity index (χ3v) is 6.75. The van der Waals surface area contributed by atoms with Crippen molar-refractivity contribution in [2.75, 3.05) is 26.2 Å². The summed E-state index contributed by atoms with van der Waals surface area (Å²) in [6, 6.07) is 5.84. The van der Waals surface area contributed by atoms with Gasteiger partial charge in [0, 0.05) is 35.4 Å². The average molecular weight is 495 g/mol. The minimum absolute atomic E-state index is 0.0971. The zero-order chi connectivity index (χ0) is 26.5. The van der Waals surface area contributed by atoms with E-state index in [0.29, 0.717) is 12.5 Å². The summed E-state index contributed by atoms with van der Waals surface area (Å²) in [6.07, 6.45) is 11.4. The smallest absolute Gasteiger partial charge is 0.131 e. The molecular weight excluding hydrogens is 451 g/mol. The fourth-order valence-electron chi connectivity index (χ4n) is 4.87. The van der Waals surface area contributed by atoms with Crippen LogP contribution >= 0.6 is 0 Å². The zero-order valence-electron chi connectivity index (χ0n) is 22.4. The van der Waals surface area contributed by atoms with Gasteiger partial charge in [0.25, 0.3) is 0 Å². The summed E-state index contributed by atoms with van der Waals surface area (Å²) in [6.45, 7) is 15.7. The number of pyridine rings is 1. The highest BCUT2D eigenvalue weighted by Gasteiger charge is 2.26. The van der Waals surface area contributed by atoms with Crippen molar-refractivity contribution in [1.29, 1.82) is 0 Å². The Morgan fingerprint density at radius 3 is 2.42 bits per heavy atom. The fourth-order valence-corrected chi connectivity index (χ4v) is 4.87. The number of hydrogen-bond donors (Lipinski definition) is 1. The van der Waals surface area contributed by atoms with Gasteiger partial charge in [-0.15, -0.1) is 13.2 Å². The largest absolute Gasteiger partial charge is 0.401 e. The highest BCUT2D eigenvalue weighted by Crippen LogP contribution is 2.41. The molecule has 2 heterocycles. The SMILES string of the molecule is C=C.CC.Cc1cc(C2CC2)cc(F)c1C1=c2ccncc2=C(N)CC1.O=NCCN1CCCCC1. The minimum Gasteiger partial charge on any atom is -0.401 e. The monoisotopic (exact) mass is 494 g/mol. The van der Waals surface area contributed by atoms with Gasteiger partial charge in [0.1, 0.15) is 5.82 Å². The number of halogens is 1. The topological polar surface area (TPSA) is 71.6 Å². The van der Waals surface area contributed by atoms with Gasteiger partial charge in [-0.05, 0) is 98.5 Å². The van der Waals surface area contributed by atoms with E-state index in [1.54, 1.807) is 18.5 Å². The number of nitrogens with zero attached hydrogens (tertiary/aromatic N) is 3. The van der Waals surface area contributed by atoms with Gasteiger partial charge in [0.2, 0.25) is 0 Å². The average Bonchev–Trinajstić information content (AvgIpc) is 3.78. The molecule has 2 aliphatic carbocycles. The summed E-state index contributed by atoms with van der Waals surface area (Å²) in [4.78, 5) is 16.2. The normalized spacial score (nSPS) is 16.8. The lowest BCUT2D eigenvalue weighted by Crippen LogP contribution is -2.35. The van der Waals surface area contributed by atoms with Crippen LogP contribution in [-0.2, 0) is 0 Å². The van der Waals surface area contributed by atoms with Crippen molar-refractivity contribution in [2.24, 2.45) is 10.9 Å². The molecule has 5 nitrogen and oxygen atoms in total. The summed E-state index contributed by atoms with van der Waals surface area (Å²) < 4.78 is 14.8. The number of aromatic nitrogens is 1. The molecule has 0 amide bonds. The number of aryl methyl sites for hydroxylation is 1. The summed E-state index contributed by atoms with van der Waals surface area (Å²) in [5.74, 6) is 0.471. The van der Waals surface area contributed by atoms with Gasteiger partial charge in [0.05, 0.1) is 6.54 Å². The van der Waals surface area contributed by atoms with Gasteiger partial charge in [-0.25, -0.2) is 4.39 Å². The van der Waals surface area contributed by atoms with E-state index in [-0.39, 0.29) is 5.82 Å². The van der Waals surface area contributed by atoms with Crippen LogP contribution in [0, 0.1) is 17.6 Å². The van der Waals surface area contributed by atoms with Crippen LogP contribution in [0.4, 0.5) is 4.39 Å². The zero-order valence-corrected chi connectivity index (χ0v) is 22.4. The summed E-state index contributed by atoms with van der Waals surface area (Å²) in [7, 11) is 0. The Balaban J connectivity index is 0.000000275. The van der Waals surface area contributed by atoms with E-state index in [1.807, 2.05) is 26.8 Å². The lowest BCUT2D eigenvalue weighted by Gasteiger charge is -2.24. The molecule has 2 N–H and O–H groups in total. The van der Waals surface area contributed by atoms with Crippen molar-refractivity contribution in [3.63, 3.8) is 0 Å². The molecule has 1 aliphatic heterocycles. The van der Waals surface area contributed by atoms with E-state index in [9.17, 15) is 9.30 Å². The first-order valence-corrected chi connectivity index (χ1v) is 13.3. The van der Waals surface area contributed by atoms with Crippen molar-refractivity contribution < 1.29 is 4.39 Å². The van der Waals surface area contributed by atoms with Crippen molar-refractivity contribution in [2.45, 2.75) is 71.6 Å². The molecule has 0 atom stereocenters. The number of nitroso groups, excluding NO2 is 1. The fraction of sp³-hybridized carbons (Fsp3) is 0.500. The summed E-state index contributed by atoms with van der Waals surface area (Å²) in [5, 5.41) is 4.82. The third-order valence-electron chi connectivity index (χ3n) is 6.75. The molecule has 36 heavy (non-hydrogen) atoms. The van der Waals surface area contributed by atoms with Gasteiger partial charge in [0.15, 0.2) is 0 Å². The Labute approximate surface area is 216 Å². The maximum atomic E-state index is 14.8. The number of piperidine rings is 1. The molecule has 0 radical (unpaired) electrons. The standard InChI is InChI=1S/C19H19FN2.C7H14N2O.C2H6.C2H4/c1-11-8-13(12-2-3-12)9-17(20)19(11)15-4-5-18(21)16-10-22-7-6-14(15)16;10-8-4-7-9-5-2-1-3-6-9;2*1-2/h6-10,12H,2-5,21H2,1H3;1-7H2;1-2H3;1-2H2. The molecule has 196 valence electrons. The van der Waals surface area contributed by atoms with Crippen LogP contribution in [0.5, 0.6) is 0 Å². The molecule has 0 spiro atoms. The number of nitrogens with two attached hydrogens (primary N) is 1. The molecule has 0 bridgehead atoms. The lowest BCUT2D eigenvalue weighted by atomic mass is 9.89. The molecular formula is C30H43FN4O. The lowest BCUT2D eigenvalue weighted by molar-refractivity contribution is 0.235. The third kappa shape index (κ3) is 7.82. The second-order valence-electron chi connectivity index (χ2n) is 9.15. The maximum Gasteiger partial charge on any atom is 0.131 e. The van der Waals surface area contributed by atoms with Crippen molar-refractivity contribution in [3.05, 3.63) is 81.6 Å². The van der Waals surface area contributed by atoms with Gasteiger partial charge in [-0.2, -0.15) is 4.91 Å². The highest BCUT2D eigenvalue weighted by molar-refractivity contribution is 5.72. The molecule has 6 heteroatoms. The van der Waals surface area contributed by atoms with Crippen molar-refractivity contribution in [1.82, 2.24) is 9.88 Å². The van der Waals surface area contributed by atoms with Crippen LogP contribution < -0.4 is 16.2 Å². The first-order chi connectivity index (χ1) is 17.6. The van der Waals surface area contributed by atoms with Crippen LogP contribution in [0.2, 0.25) is 0 Å². The van der Waals surface area contributed by atoms with Gasteiger partial charge in [-0.3, -0.25) is 4.98 Å². The van der Waals surface area contributed by atoms with Crippen LogP contribution in [-0.4, -0.2) is 36.1 Å². The molecule has 3 aliphatic rings. The van der Waals surface area contributed by atoms with Gasteiger partial charge < -0.3 is 10.6 Å². The van der Waals surface area contributed by atoms with Crippen LogP contribution in [0.3, 0.4) is 0 Å². The van der Waals surface area contributed by atoms with E-state index in [2.05, 4.69) is 34.3 Å². The van der Waals surface area contributed by atoms with E-state index >= 15 is 0 Å². The number of likely N-dealkylation sites (tertiary alicyclic amines) is 1. The molecule has 0 unspecified atom stereocenters.